The van der Waals surface area contributed by atoms with Crippen LogP contribution in [0.2, 0.25) is 10.0 Å². The molecule has 0 spiro atoms. The maximum Gasteiger partial charge on any atom is 0.179 e. The number of benzene rings is 2. The van der Waals surface area contributed by atoms with Crippen molar-refractivity contribution in [2.24, 2.45) is 0 Å². The third-order valence-electron chi connectivity index (χ3n) is 4.22. The van der Waals surface area contributed by atoms with Crippen molar-refractivity contribution >= 4 is 23.2 Å². The van der Waals surface area contributed by atoms with Crippen LogP contribution < -0.4 is 15.4 Å². The van der Waals surface area contributed by atoms with Gasteiger partial charge in [-0.2, -0.15) is 0 Å². The number of rotatable bonds is 7. The number of hydrogen-bond acceptors (Lipinski definition) is 4. The van der Waals surface area contributed by atoms with Crippen LogP contribution in [0.1, 0.15) is 24.1 Å². The standard InChI is InChI=1S/C20H22Cl2N2O2/c1-13(16-4-3-5-17(21)9-16)23-10-15-6-7-19(22)20(8-15)25-12-18-11-24-14(2)26-18/h3-9,13,18,23-24H,2,10-12H2,1H3/t13-,18?/m1/s1. The summed E-state index contributed by atoms with van der Waals surface area (Å²) in [5.74, 6) is 1.24. The lowest BCUT2D eigenvalue weighted by molar-refractivity contribution is 0.110. The second-order valence-corrected chi connectivity index (χ2v) is 7.12. The lowest BCUT2D eigenvalue weighted by Gasteiger charge is -2.16. The first-order valence-corrected chi connectivity index (χ1v) is 9.26. The molecule has 0 amide bonds. The molecule has 4 nitrogen and oxygen atoms in total. The fourth-order valence-electron chi connectivity index (χ4n) is 2.72. The van der Waals surface area contributed by atoms with Crippen molar-refractivity contribution in [1.29, 1.82) is 0 Å². The summed E-state index contributed by atoms with van der Waals surface area (Å²) in [7, 11) is 0. The van der Waals surface area contributed by atoms with E-state index in [0.29, 0.717) is 36.4 Å². The summed E-state index contributed by atoms with van der Waals surface area (Å²) in [6.45, 7) is 7.64. The van der Waals surface area contributed by atoms with Gasteiger partial charge in [0.1, 0.15) is 12.4 Å². The summed E-state index contributed by atoms with van der Waals surface area (Å²) in [4.78, 5) is 0. The van der Waals surface area contributed by atoms with Crippen molar-refractivity contribution in [3.8, 4) is 5.75 Å². The molecule has 1 aliphatic rings. The van der Waals surface area contributed by atoms with Gasteiger partial charge in [0, 0.05) is 17.6 Å². The maximum atomic E-state index is 6.25. The highest BCUT2D eigenvalue weighted by Gasteiger charge is 2.19. The molecule has 2 atom stereocenters. The number of nitrogens with one attached hydrogen (secondary N) is 2. The Kier molecular flexibility index (Phi) is 6.30. The summed E-state index contributed by atoms with van der Waals surface area (Å²) in [5.41, 5.74) is 2.24. The Morgan fingerprint density at radius 2 is 2.15 bits per heavy atom. The topological polar surface area (TPSA) is 42.5 Å². The average Bonchev–Trinajstić information content (AvgIpc) is 3.05. The third-order valence-corrected chi connectivity index (χ3v) is 4.76. The van der Waals surface area contributed by atoms with E-state index in [4.69, 9.17) is 32.7 Å². The molecular formula is C20H22Cl2N2O2. The van der Waals surface area contributed by atoms with Gasteiger partial charge >= 0.3 is 0 Å². The Labute approximate surface area is 164 Å². The van der Waals surface area contributed by atoms with E-state index in [1.165, 1.54) is 0 Å². The van der Waals surface area contributed by atoms with Crippen LogP contribution >= 0.6 is 23.2 Å². The molecule has 0 bridgehead atoms. The van der Waals surface area contributed by atoms with E-state index in [0.717, 1.165) is 16.1 Å². The smallest absolute Gasteiger partial charge is 0.179 e. The summed E-state index contributed by atoms with van der Waals surface area (Å²) >= 11 is 12.3. The molecule has 3 rings (SSSR count). The first-order chi connectivity index (χ1) is 12.5. The zero-order valence-electron chi connectivity index (χ0n) is 14.6. The minimum absolute atomic E-state index is 0.0526. The van der Waals surface area contributed by atoms with Gasteiger partial charge < -0.3 is 20.1 Å². The van der Waals surface area contributed by atoms with Crippen molar-refractivity contribution in [2.45, 2.75) is 25.6 Å². The molecule has 1 heterocycles. The first kappa shape index (κ1) is 18.9. The lowest BCUT2D eigenvalue weighted by atomic mass is 10.1. The number of halogens is 2. The molecule has 2 aromatic rings. The Morgan fingerprint density at radius 3 is 2.88 bits per heavy atom. The zero-order chi connectivity index (χ0) is 18.5. The van der Waals surface area contributed by atoms with Crippen LogP contribution in [0.15, 0.2) is 54.9 Å². The van der Waals surface area contributed by atoms with Crippen molar-refractivity contribution in [2.75, 3.05) is 13.2 Å². The largest absolute Gasteiger partial charge is 0.488 e. The van der Waals surface area contributed by atoms with E-state index < -0.39 is 0 Å². The average molecular weight is 393 g/mol. The summed E-state index contributed by atoms with van der Waals surface area (Å²) in [5, 5.41) is 7.85. The fourth-order valence-corrected chi connectivity index (χ4v) is 3.09. The number of hydrogen-bond donors (Lipinski definition) is 2. The third kappa shape index (κ3) is 5.07. The predicted octanol–water partition coefficient (Wildman–Crippen LogP) is 4.68. The first-order valence-electron chi connectivity index (χ1n) is 8.51. The Balaban J connectivity index is 1.57. The summed E-state index contributed by atoms with van der Waals surface area (Å²) in [6, 6.07) is 13.8. The molecule has 0 aliphatic carbocycles. The Bertz CT molecular complexity index is 782. The van der Waals surface area contributed by atoms with Gasteiger partial charge in [-0.05, 0) is 48.9 Å². The zero-order valence-corrected chi connectivity index (χ0v) is 16.1. The number of ether oxygens (including phenoxy) is 2. The van der Waals surface area contributed by atoms with Crippen LogP contribution in [0.5, 0.6) is 5.75 Å². The molecule has 6 heteroatoms. The highest BCUT2D eigenvalue weighted by Crippen LogP contribution is 2.27. The molecule has 1 aliphatic heterocycles. The molecule has 2 aromatic carbocycles. The quantitative estimate of drug-likeness (QED) is 0.717. The normalized spacial score (nSPS) is 17.5. The van der Waals surface area contributed by atoms with Gasteiger partial charge in [0.15, 0.2) is 12.0 Å². The van der Waals surface area contributed by atoms with Crippen LogP contribution in [0, 0.1) is 0 Å². The highest BCUT2D eigenvalue weighted by atomic mass is 35.5. The summed E-state index contributed by atoms with van der Waals surface area (Å²) in [6.07, 6.45) is -0.0526. The second kappa shape index (κ2) is 8.67. The van der Waals surface area contributed by atoms with Gasteiger partial charge in [-0.3, -0.25) is 0 Å². The fraction of sp³-hybridized carbons (Fsp3) is 0.300. The van der Waals surface area contributed by atoms with Crippen molar-refractivity contribution in [1.82, 2.24) is 10.6 Å². The van der Waals surface area contributed by atoms with E-state index >= 15 is 0 Å². The SMILES string of the molecule is C=C1NCC(COc2cc(CN[C@H](C)c3cccc(Cl)c3)ccc2Cl)O1. The van der Waals surface area contributed by atoms with E-state index in [1.807, 2.05) is 36.4 Å². The van der Waals surface area contributed by atoms with Gasteiger partial charge in [0.2, 0.25) is 0 Å². The maximum absolute atomic E-state index is 6.25. The molecule has 0 radical (unpaired) electrons. The molecular weight excluding hydrogens is 371 g/mol. The Morgan fingerprint density at radius 1 is 1.31 bits per heavy atom. The molecule has 1 fully saturated rings. The molecule has 1 unspecified atom stereocenters. The van der Waals surface area contributed by atoms with Crippen molar-refractivity contribution < 1.29 is 9.47 Å². The Hall–Kier alpha value is -1.88. The second-order valence-electron chi connectivity index (χ2n) is 6.28. The van der Waals surface area contributed by atoms with Crippen LogP contribution in [0.25, 0.3) is 0 Å². The van der Waals surface area contributed by atoms with Crippen LogP contribution in [-0.2, 0) is 11.3 Å². The summed E-state index contributed by atoms with van der Waals surface area (Å²) < 4.78 is 11.3. The van der Waals surface area contributed by atoms with Gasteiger partial charge in [-0.15, -0.1) is 0 Å². The van der Waals surface area contributed by atoms with Crippen LogP contribution in [-0.4, -0.2) is 19.3 Å². The van der Waals surface area contributed by atoms with Gasteiger partial charge in [-0.25, -0.2) is 0 Å². The molecule has 0 saturated carbocycles. The molecule has 1 saturated heterocycles. The van der Waals surface area contributed by atoms with Crippen molar-refractivity contribution in [3.63, 3.8) is 0 Å². The van der Waals surface area contributed by atoms with Gasteiger partial charge in [0.25, 0.3) is 0 Å². The predicted molar refractivity (Wildman–Crippen MR) is 106 cm³/mol. The molecule has 138 valence electrons. The van der Waals surface area contributed by atoms with Gasteiger partial charge in [-0.1, -0.05) is 41.4 Å². The minimum atomic E-state index is -0.0526. The molecule has 26 heavy (non-hydrogen) atoms. The van der Waals surface area contributed by atoms with E-state index in [2.05, 4.69) is 30.2 Å². The monoisotopic (exact) mass is 392 g/mol. The van der Waals surface area contributed by atoms with Crippen LogP contribution in [0.4, 0.5) is 0 Å². The minimum Gasteiger partial charge on any atom is -0.488 e. The lowest BCUT2D eigenvalue weighted by Crippen LogP contribution is -2.22. The molecule has 0 aromatic heterocycles. The van der Waals surface area contributed by atoms with Crippen molar-refractivity contribution in [3.05, 3.63) is 76.1 Å². The van der Waals surface area contributed by atoms with Gasteiger partial charge in [0.05, 0.1) is 11.6 Å². The molecule has 2 N–H and O–H groups in total. The van der Waals surface area contributed by atoms with E-state index in [-0.39, 0.29) is 12.1 Å². The van der Waals surface area contributed by atoms with Crippen LogP contribution in [0.3, 0.4) is 0 Å². The van der Waals surface area contributed by atoms with E-state index in [1.54, 1.807) is 0 Å². The highest BCUT2D eigenvalue weighted by molar-refractivity contribution is 6.32. The van der Waals surface area contributed by atoms with E-state index in [9.17, 15) is 0 Å².